The fraction of sp³-hybridized carbons (Fsp3) is 0.316. The summed E-state index contributed by atoms with van der Waals surface area (Å²) in [5.41, 5.74) is 0.692. The molecule has 0 saturated carbocycles. The van der Waals surface area contributed by atoms with Gasteiger partial charge in [-0.05, 0) is 23.8 Å². The summed E-state index contributed by atoms with van der Waals surface area (Å²) in [7, 11) is 0. The van der Waals surface area contributed by atoms with E-state index in [9.17, 15) is 18.4 Å². The number of hydrogen-bond donors (Lipinski definition) is 0. The van der Waals surface area contributed by atoms with E-state index in [0.717, 1.165) is 11.0 Å². The van der Waals surface area contributed by atoms with E-state index in [-0.39, 0.29) is 41.6 Å². The average molecular weight is 408 g/mol. The molecule has 2 fully saturated rings. The number of ether oxygens (including phenoxy) is 1. The summed E-state index contributed by atoms with van der Waals surface area (Å²) >= 11 is 5.73. The van der Waals surface area contributed by atoms with Crippen LogP contribution in [0, 0.1) is 17.6 Å². The Balaban J connectivity index is 1.65. The van der Waals surface area contributed by atoms with Crippen molar-refractivity contribution in [3.05, 3.63) is 58.7 Å². The first kappa shape index (κ1) is 18.8. The molecule has 4 rings (SSSR count). The molecule has 2 aliphatic heterocycles. The normalized spacial score (nSPS) is 20.5. The van der Waals surface area contributed by atoms with Crippen molar-refractivity contribution in [2.75, 3.05) is 24.7 Å². The monoisotopic (exact) mass is 407 g/mol. The fourth-order valence-corrected chi connectivity index (χ4v) is 3.55. The van der Waals surface area contributed by atoms with E-state index in [4.69, 9.17) is 16.3 Å². The maximum absolute atomic E-state index is 14.3. The lowest BCUT2D eigenvalue weighted by atomic mass is 9.92. The number of pyridine rings is 1. The maximum Gasteiger partial charge on any atom is 0.251 e. The Morgan fingerprint density at radius 3 is 2.50 bits per heavy atom. The number of halogens is 3. The third-order valence-corrected chi connectivity index (χ3v) is 5.10. The Kier molecular flexibility index (Phi) is 4.99. The van der Waals surface area contributed by atoms with Crippen LogP contribution >= 0.6 is 11.6 Å². The molecule has 28 heavy (non-hydrogen) atoms. The number of piperazine rings is 1. The Morgan fingerprint density at radius 2 is 1.89 bits per heavy atom. The van der Waals surface area contributed by atoms with Gasteiger partial charge in [-0.1, -0.05) is 23.7 Å². The molecule has 0 radical (unpaired) electrons. The van der Waals surface area contributed by atoms with Crippen molar-refractivity contribution in [1.82, 2.24) is 9.88 Å². The first-order valence-corrected chi connectivity index (χ1v) is 9.06. The van der Waals surface area contributed by atoms with Crippen molar-refractivity contribution in [2.24, 2.45) is 5.92 Å². The number of rotatable bonds is 4. The number of carbonyl (C=O) groups excluding carboxylic acids is 2. The summed E-state index contributed by atoms with van der Waals surface area (Å²) in [6, 6.07) is 5.96. The molecule has 3 heterocycles. The SMILES string of the molecule is O=C1[C@@H](C2COC2)N(Cc2ccc(F)cc2)C(=O)CN1c1ncc(Cl)cc1F. The van der Waals surface area contributed by atoms with Crippen LogP contribution in [0.2, 0.25) is 5.02 Å². The highest BCUT2D eigenvalue weighted by atomic mass is 35.5. The molecule has 2 saturated heterocycles. The van der Waals surface area contributed by atoms with Crippen molar-refractivity contribution in [2.45, 2.75) is 12.6 Å². The summed E-state index contributed by atoms with van der Waals surface area (Å²) in [6.45, 7) is 0.466. The van der Waals surface area contributed by atoms with Gasteiger partial charge in [-0.2, -0.15) is 0 Å². The molecule has 2 aliphatic rings. The van der Waals surface area contributed by atoms with Crippen LogP contribution in [0.3, 0.4) is 0 Å². The molecule has 6 nitrogen and oxygen atoms in total. The van der Waals surface area contributed by atoms with Gasteiger partial charge < -0.3 is 9.64 Å². The number of aromatic nitrogens is 1. The molecule has 0 N–H and O–H groups in total. The second-order valence-corrected chi connectivity index (χ2v) is 7.21. The van der Waals surface area contributed by atoms with Crippen molar-refractivity contribution in [3.8, 4) is 0 Å². The van der Waals surface area contributed by atoms with E-state index in [1.807, 2.05) is 0 Å². The van der Waals surface area contributed by atoms with Crippen LogP contribution in [0.15, 0.2) is 36.5 Å². The van der Waals surface area contributed by atoms with Gasteiger partial charge in [0.25, 0.3) is 5.91 Å². The van der Waals surface area contributed by atoms with Gasteiger partial charge in [-0.25, -0.2) is 13.8 Å². The number of amides is 2. The fourth-order valence-electron chi connectivity index (χ4n) is 3.40. The third-order valence-electron chi connectivity index (χ3n) is 4.89. The molecule has 1 aromatic heterocycles. The summed E-state index contributed by atoms with van der Waals surface area (Å²) in [5, 5.41) is 0.0962. The lowest BCUT2D eigenvalue weighted by Crippen LogP contribution is -2.65. The molecular weight excluding hydrogens is 392 g/mol. The van der Waals surface area contributed by atoms with E-state index in [1.54, 1.807) is 12.1 Å². The zero-order valence-electron chi connectivity index (χ0n) is 14.6. The van der Waals surface area contributed by atoms with Crippen LogP contribution < -0.4 is 4.90 Å². The molecular formula is C19H16ClF2N3O3. The number of hydrogen-bond acceptors (Lipinski definition) is 4. The van der Waals surface area contributed by atoms with E-state index < -0.39 is 17.8 Å². The molecule has 0 bridgehead atoms. The van der Waals surface area contributed by atoms with E-state index >= 15 is 0 Å². The van der Waals surface area contributed by atoms with Crippen LogP contribution in [-0.4, -0.2) is 47.5 Å². The van der Waals surface area contributed by atoms with Crippen LogP contribution in [0.25, 0.3) is 0 Å². The Hall–Kier alpha value is -2.58. The quantitative estimate of drug-likeness (QED) is 0.780. The number of carbonyl (C=O) groups is 2. The molecule has 1 atom stereocenters. The van der Waals surface area contributed by atoms with E-state index in [0.29, 0.717) is 18.8 Å². The molecule has 0 aliphatic carbocycles. The smallest absolute Gasteiger partial charge is 0.251 e. The van der Waals surface area contributed by atoms with Crippen LogP contribution in [0.1, 0.15) is 5.56 Å². The lowest BCUT2D eigenvalue weighted by Gasteiger charge is -2.45. The molecule has 1 aromatic carbocycles. The first-order valence-electron chi connectivity index (χ1n) is 8.68. The van der Waals surface area contributed by atoms with Gasteiger partial charge in [0.2, 0.25) is 5.91 Å². The van der Waals surface area contributed by atoms with E-state index in [1.165, 1.54) is 23.2 Å². The van der Waals surface area contributed by atoms with E-state index in [2.05, 4.69) is 4.98 Å². The van der Waals surface area contributed by atoms with Crippen molar-refractivity contribution in [1.29, 1.82) is 0 Å². The largest absolute Gasteiger partial charge is 0.380 e. The molecule has 9 heteroatoms. The summed E-state index contributed by atoms with van der Waals surface area (Å²) in [5.74, 6) is -2.36. The molecule has 0 spiro atoms. The molecule has 2 aromatic rings. The Labute approximate surface area is 164 Å². The second-order valence-electron chi connectivity index (χ2n) is 6.77. The Bertz CT molecular complexity index is 921. The number of benzene rings is 1. The number of anilines is 1. The predicted molar refractivity (Wildman–Crippen MR) is 96.6 cm³/mol. The second kappa shape index (κ2) is 7.44. The number of nitrogens with zero attached hydrogens (tertiary/aromatic N) is 3. The van der Waals surface area contributed by atoms with Gasteiger partial charge in [0.05, 0.1) is 18.2 Å². The van der Waals surface area contributed by atoms with Gasteiger partial charge in [-0.3, -0.25) is 14.5 Å². The zero-order chi connectivity index (χ0) is 19.8. The summed E-state index contributed by atoms with van der Waals surface area (Å²) in [4.78, 5) is 32.4. The molecule has 146 valence electrons. The average Bonchev–Trinajstić information content (AvgIpc) is 2.61. The highest BCUT2D eigenvalue weighted by Crippen LogP contribution is 2.30. The van der Waals surface area contributed by atoms with Gasteiger partial charge in [0, 0.05) is 18.7 Å². The van der Waals surface area contributed by atoms with Crippen molar-refractivity contribution >= 4 is 29.2 Å². The van der Waals surface area contributed by atoms with Gasteiger partial charge in [-0.15, -0.1) is 0 Å². The maximum atomic E-state index is 14.3. The summed E-state index contributed by atoms with van der Waals surface area (Å²) < 4.78 is 32.7. The predicted octanol–water partition coefficient (Wildman–Crippen LogP) is 2.40. The minimum Gasteiger partial charge on any atom is -0.380 e. The Morgan fingerprint density at radius 1 is 1.18 bits per heavy atom. The minimum absolute atomic E-state index is 0.0962. The first-order chi connectivity index (χ1) is 13.4. The highest BCUT2D eigenvalue weighted by molar-refractivity contribution is 6.30. The van der Waals surface area contributed by atoms with Crippen molar-refractivity contribution < 1.29 is 23.1 Å². The van der Waals surface area contributed by atoms with Crippen LogP contribution in [0.5, 0.6) is 0 Å². The van der Waals surface area contributed by atoms with Crippen molar-refractivity contribution in [3.63, 3.8) is 0 Å². The molecule has 0 unspecified atom stereocenters. The minimum atomic E-state index is -0.808. The lowest BCUT2D eigenvalue weighted by molar-refractivity contribution is -0.155. The van der Waals surface area contributed by atoms with Crippen LogP contribution in [-0.2, 0) is 20.9 Å². The highest BCUT2D eigenvalue weighted by Gasteiger charge is 2.47. The standard InChI is InChI=1S/C19H16ClF2N3O3/c20-13-5-15(22)18(23-6-13)25-8-16(26)24(7-11-1-3-14(21)4-2-11)17(19(25)27)12-9-28-10-12/h1-6,12,17H,7-10H2/t17-/m1/s1. The van der Waals surface area contributed by atoms with Crippen LogP contribution in [0.4, 0.5) is 14.6 Å². The summed E-state index contributed by atoms with van der Waals surface area (Å²) in [6.07, 6.45) is 1.23. The van der Waals surface area contributed by atoms with Gasteiger partial charge >= 0.3 is 0 Å². The van der Waals surface area contributed by atoms with Gasteiger partial charge in [0.1, 0.15) is 18.4 Å². The zero-order valence-corrected chi connectivity index (χ0v) is 15.4. The molecule has 2 amide bonds. The van der Waals surface area contributed by atoms with Gasteiger partial charge in [0.15, 0.2) is 11.6 Å². The topological polar surface area (TPSA) is 62.7 Å². The third kappa shape index (κ3) is 3.45.